The molecule has 7 heteroatoms. The number of para-hydroxylation sites is 1. The van der Waals surface area contributed by atoms with Crippen molar-refractivity contribution in [3.8, 4) is 5.75 Å². The third-order valence-electron chi connectivity index (χ3n) is 4.65. The molecular weight excluding hydrogens is 421 g/mol. The van der Waals surface area contributed by atoms with Crippen molar-refractivity contribution in [1.82, 2.24) is 0 Å². The topological polar surface area (TPSA) is 68.5 Å². The second kappa shape index (κ2) is 8.62. The molecule has 0 saturated heterocycles. The molecule has 1 N–H and O–H groups in total. The summed E-state index contributed by atoms with van der Waals surface area (Å²) >= 11 is 5.91. The van der Waals surface area contributed by atoms with Crippen molar-refractivity contribution in [1.29, 1.82) is 0 Å². The molecule has 31 heavy (non-hydrogen) atoms. The molecular formula is C24H17ClFNO4. The number of hydrogen-bond donors (Lipinski definition) is 1. The number of furan rings is 1. The number of amides is 1. The van der Waals surface area contributed by atoms with E-state index in [1.165, 1.54) is 24.3 Å². The highest BCUT2D eigenvalue weighted by Gasteiger charge is 2.25. The summed E-state index contributed by atoms with van der Waals surface area (Å²) in [7, 11) is 0. The van der Waals surface area contributed by atoms with Gasteiger partial charge in [-0.2, -0.15) is 0 Å². The van der Waals surface area contributed by atoms with Crippen LogP contribution < -0.4 is 10.1 Å². The molecule has 3 aromatic carbocycles. The molecule has 0 aliphatic heterocycles. The number of anilines is 1. The molecule has 4 aromatic rings. The maximum atomic E-state index is 13.1. The molecule has 5 nitrogen and oxygen atoms in total. The van der Waals surface area contributed by atoms with Crippen molar-refractivity contribution < 1.29 is 23.1 Å². The minimum atomic E-state index is -0.905. The highest BCUT2D eigenvalue weighted by molar-refractivity contribution is 6.30. The molecule has 156 valence electrons. The lowest BCUT2D eigenvalue weighted by Gasteiger charge is -2.15. The average Bonchev–Trinajstić information content (AvgIpc) is 3.13. The van der Waals surface area contributed by atoms with Crippen LogP contribution in [0.15, 0.2) is 77.2 Å². The Labute approximate surface area is 182 Å². The Hall–Kier alpha value is -3.64. The monoisotopic (exact) mass is 437 g/mol. The quantitative estimate of drug-likeness (QED) is 0.383. The van der Waals surface area contributed by atoms with E-state index in [1.807, 2.05) is 0 Å². The second-order valence-electron chi connectivity index (χ2n) is 6.84. The Kier molecular flexibility index (Phi) is 5.73. The number of carbonyl (C=O) groups excluding carboxylic acids is 2. The molecule has 1 aromatic heterocycles. The van der Waals surface area contributed by atoms with Crippen LogP contribution in [0.3, 0.4) is 0 Å². The number of hydrogen-bond acceptors (Lipinski definition) is 4. The smallest absolute Gasteiger partial charge is 0.265 e. The van der Waals surface area contributed by atoms with E-state index in [0.29, 0.717) is 27.3 Å². The summed E-state index contributed by atoms with van der Waals surface area (Å²) in [4.78, 5) is 25.9. The molecule has 0 saturated carbocycles. The van der Waals surface area contributed by atoms with Crippen LogP contribution in [0.2, 0.25) is 5.02 Å². The number of ether oxygens (including phenoxy) is 1. The summed E-state index contributed by atoms with van der Waals surface area (Å²) in [6.45, 7) is 1.56. The van der Waals surface area contributed by atoms with Gasteiger partial charge in [-0.1, -0.05) is 23.7 Å². The lowest BCUT2D eigenvalue weighted by Crippen LogP contribution is -2.30. The number of benzene rings is 3. The molecule has 0 fully saturated rings. The van der Waals surface area contributed by atoms with Crippen molar-refractivity contribution in [2.24, 2.45) is 0 Å². The van der Waals surface area contributed by atoms with Gasteiger partial charge in [-0.15, -0.1) is 0 Å². The summed E-state index contributed by atoms with van der Waals surface area (Å²) in [6, 6.07) is 18.7. The molecule has 1 amide bonds. The van der Waals surface area contributed by atoms with Crippen molar-refractivity contribution >= 4 is 39.9 Å². The van der Waals surface area contributed by atoms with Gasteiger partial charge >= 0.3 is 0 Å². The number of halogens is 2. The Bertz CT molecular complexity index is 1250. The normalized spacial score (nSPS) is 11.8. The predicted molar refractivity (Wildman–Crippen MR) is 116 cm³/mol. The van der Waals surface area contributed by atoms with E-state index in [0.717, 1.165) is 0 Å². The molecule has 0 bridgehead atoms. The van der Waals surface area contributed by atoms with E-state index in [-0.39, 0.29) is 11.4 Å². The fraction of sp³-hybridized carbons (Fsp3) is 0.0833. The lowest BCUT2D eigenvalue weighted by molar-refractivity contribution is -0.122. The van der Waals surface area contributed by atoms with Gasteiger partial charge in [0.05, 0.1) is 5.69 Å². The zero-order valence-corrected chi connectivity index (χ0v) is 17.2. The lowest BCUT2D eigenvalue weighted by atomic mass is 10.1. The Balaban J connectivity index is 1.63. The van der Waals surface area contributed by atoms with Gasteiger partial charge in [-0.05, 0) is 67.6 Å². The van der Waals surface area contributed by atoms with Crippen molar-refractivity contribution in [3.05, 3.63) is 95.0 Å². The summed E-state index contributed by atoms with van der Waals surface area (Å²) in [5.74, 6) is -0.930. The molecule has 1 atom stereocenters. The summed E-state index contributed by atoms with van der Waals surface area (Å²) < 4.78 is 24.4. The molecule has 4 rings (SSSR count). The number of ketones is 1. The van der Waals surface area contributed by atoms with Crippen LogP contribution in [-0.2, 0) is 4.79 Å². The minimum Gasteiger partial charge on any atom is -0.481 e. The van der Waals surface area contributed by atoms with E-state index in [1.54, 1.807) is 55.5 Å². The molecule has 1 heterocycles. The van der Waals surface area contributed by atoms with Crippen molar-refractivity contribution in [3.63, 3.8) is 0 Å². The number of rotatable bonds is 6. The maximum Gasteiger partial charge on any atom is 0.265 e. The van der Waals surface area contributed by atoms with Crippen LogP contribution in [-0.4, -0.2) is 17.8 Å². The van der Waals surface area contributed by atoms with Crippen LogP contribution in [0.25, 0.3) is 11.0 Å². The van der Waals surface area contributed by atoms with E-state index < -0.39 is 23.6 Å². The highest BCUT2D eigenvalue weighted by atomic mass is 35.5. The minimum absolute atomic E-state index is 0.00542. The SMILES string of the molecule is CC(Oc1ccc(F)cc1)C(=O)Nc1c(C(=O)c2ccc(Cl)cc2)oc2ccccc12. The molecule has 0 spiro atoms. The van der Waals surface area contributed by atoms with Crippen molar-refractivity contribution in [2.75, 3.05) is 5.32 Å². The maximum absolute atomic E-state index is 13.1. The third-order valence-corrected chi connectivity index (χ3v) is 4.90. The first-order valence-electron chi connectivity index (χ1n) is 9.47. The standard InChI is InChI=1S/C24H17ClFNO4/c1-14(30-18-12-10-17(26)11-13-18)24(29)27-21-19-4-2-3-5-20(19)31-23(21)22(28)15-6-8-16(25)9-7-15/h2-14H,1H3,(H,27,29). The number of fused-ring (bicyclic) bond motifs is 1. The zero-order chi connectivity index (χ0) is 22.0. The van der Waals surface area contributed by atoms with E-state index in [4.69, 9.17) is 20.8 Å². The van der Waals surface area contributed by atoms with Gasteiger partial charge in [0.2, 0.25) is 5.78 Å². The summed E-state index contributed by atoms with van der Waals surface area (Å²) in [5.41, 5.74) is 1.09. The highest BCUT2D eigenvalue weighted by Crippen LogP contribution is 2.33. The third kappa shape index (κ3) is 4.44. The van der Waals surface area contributed by atoms with Gasteiger partial charge < -0.3 is 14.5 Å². The van der Waals surface area contributed by atoms with Gasteiger partial charge in [0.15, 0.2) is 11.9 Å². The Morgan fingerprint density at radius 3 is 2.39 bits per heavy atom. The van der Waals surface area contributed by atoms with Gasteiger partial charge in [0.25, 0.3) is 5.91 Å². The average molecular weight is 438 g/mol. The zero-order valence-electron chi connectivity index (χ0n) is 16.4. The molecule has 0 aliphatic rings. The van der Waals surface area contributed by atoms with Crippen LogP contribution in [0, 0.1) is 5.82 Å². The van der Waals surface area contributed by atoms with Crippen LogP contribution >= 0.6 is 11.6 Å². The number of nitrogens with one attached hydrogen (secondary N) is 1. The van der Waals surface area contributed by atoms with Gasteiger partial charge in [-0.3, -0.25) is 9.59 Å². The molecule has 0 aliphatic carbocycles. The fourth-order valence-corrected chi connectivity index (χ4v) is 3.18. The second-order valence-corrected chi connectivity index (χ2v) is 7.28. The first kappa shape index (κ1) is 20.6. The molecule has 1 unspecified atom stereocenters. The van der Waals surface area contributed by atoms with Gasteiger partial charge in [0.1, 0.15) is 17.1 Å². The summed E-state index contributed by atoms with van der Waals surface area (Å²) in [5, 5.41) is 3.83. The van der Waals surface area contributed by atoms with Crippen LogP contribution in [0.1, 0.15) is 23.0 Å². The van der Waals surface area contributed by atoms with E-state index >= 15 is 0 Å². The Morgan fingerprint density at radius 2 is 1.68 bits per heavy atom. The van der Waals surface area contributed by atoms with Crippen LogP contribution in [0.4, 0.5) is 10.1 Å². The van der Waals surface area contributed by atoms with Crippen LogP contribution in [0.5, 0.6) is 5.75 Å². The molecule has 0 radical (unpaired) electrons. The fourth-order valence-electron chi connectivity index (χ4n) is 3.06. The van der Waals surface area contributed by atoms with E-state index in [9.17, 15) is 14.0 Å². The Morgan fingerprint density at radius 1 is 1.00 bits per heavy atom. The first-order chi connectivity index (χ1) is 14.9. The summed E-state index contributed by atoms with van der Waals surface area (Å²) in [6.07, 6.45) is -0.905. The number of carbonyl (C=O) groups is 2. The first-order valence-corrected chi connectivity index (χ1v) is 9.85. The van der Waals surface area contributed by atoms with Gasteiger partial charge in [-0.25, -0.2) is 4.39 Å². The van der Waals surface area contributed by atoms with E-state index in [2.05, 4.69) is 5.32 Å². The predicted octanol–water partition coefficient (Wildman–Crippen LogP) is 5.86. The largest absolute Gasteiger partial charge is 0.481 e. The van der Waals surface area contributed by atoms with Crippen molar-refractivity contribution in [2.45, 2.75) is 13.0 Å². The van der Waals surface area contributed by atoms with Gasteiger partial charge in [0, 0.05) is 16.0 Å².